The van der Waals surface area contributed by atoms with E-state index in [1.54, 1.807) is 6.92 Å². The first-order chi connectivity index (χ1) is 7.41. The van der Waals surface area contributed by atoms with Crippen LogP contribution >= 0.6 is 11.6 Å². The second-order valence-corrected chi connectivity index (χ2v) is 4.63. The van der Waals surface area contributed by atoms with Gasteiger partial charge in [-0.15, -0.1) is 0 Å². The van der Waals surface area contributed by atoms with E-state index in [0.29, 0.717) is 11.6 Å². The highest BCUT2D eigenvalue weighted by atomic mass is 35.5. The molecule has 1 aromatic carbocycles. The first kappa shape index (κ1) is 13.3. The van der Waals surface area contributed by atoms with Gasteiger partial charge in [-0.25, -0.2) is 0 Å². The molecule has 0 saturated heterocycles. The highest BCUT2D eigenvalue weighted by molar-refractivity contribution is 6.31. The fourth-order valence-electron chi connectivity index (χ4n) is 1.62. The molecule has 0 aliphatic rings. The zero-order valence-electron chi connectivity index (χ0n) is 9.94. The van der Waals surface area contributed by atoms with Crippen molar-refractivity contribution >= 4 is 17.3 Å². The molecule has 1 aromatic rings. The van der Waals surface area contributed by atoms with E-state index in [1.165, 1.54) is 0 Å². The molecule has 16 heavy (non-hydrogen) atoms. The number of aliphatic hydroxyl groups excluding tert-OH is 1. The van der Waals surface area contributed by atoms with Crippen LogP contribution in [0.25, 0.3) is 0 Å². The molecule has 3 nitrogen and oxygen atoms in total. The minimum atomic E-state index is -0.364. The van der Waals surface area contributed by atoms with Gasteiger partial charge in [0.2, 0.25) is 0 Å². The third-order valence-electron chi connectivity index (χ3n) is 2.45. The van der Waals surface area contributed by atoms with Gasteiger partial charge < -0.3 is 15.7 Å². The summed E-state index contributed by atoms with van der Waals surface area (Å²) in [6.45, 7) is 4.24. The van der Waals surface area contributed by atoms with Crippen molar-refractivity contribution in [3.05, 3.63) is 28.8 Å². The standard InChI is InChI=1S/C12H19ClN2O/c1-8(16)7-15(3)10-4-5-11(9(2)14)12(13)6-10/h4-6,8-9,16H,7,14H2,1-3H3. The Morgan fingerprint density at radius 1 is 1.44 bits per heavy atom. The fourth-order valence-corrected chi connectivity index (χ4v) is 1.97. The molecule has 1 rings (SSSR count). The van der Waals surface area contributed by atoms with Crippen molar-refractivity contribution in [1.29, 1.82) is 0 Å². The maximum atomic E-state index is 9.30. The van der Waals surface area contributed by atoms with Gasteiger partial charge in [-0.2, -0.15) is 0 Å². The molecule has 0 aliphatic heterocycles. The Labute approximate surface area is 102 Å². The molecule has 0 heterocycles. The molecule has 0 fully saturated rings. The Morgan fingerprint density at radius 3 is 2.50 bits per heavy atom. The number of hydrogen-bond acceptors (Lipinski definition) is 3. The van der Waals surface area contributed by atoms with E-state index in [0.717, 1.165) is 11.3 Å². The number of nitrogens with zero attached hydrogens (tertiary/aromatic N) is 1. The summed E-state index contributed by atoms with van der Waals surface area (Å²) in [5.74, 6) is 0. The Balaban J connectivity index is 2.88. The molecular weight excluding hydrogens is 224 g/mol. The molecule has 90 valence electrons. The molecule has 2 atom stereocenters. The third-order valence-corrected chi connectivity index (χ3v) is 2.78. The van der Waals surface area contributed by atoms with Crippen LogP contribution in [0.3, 0.4) is 0 Å². The zero-order valence-corrected chi connectivity index (χ0v) is 10.7. The molecule has 0 spiro atoms. The Morgan fingerprint density at radius 2 is 2.06 bits per heavy atom. The first-order valence-electron chi connectivity index (χ1n) is 5.36. The molecule has 0 saturated carbocycles. The van der Waals surface area contributed by atoms with Gasteiger partial charge in [0.25, 0.3) is 0 Å². The third kappa shape index (κ3) is 3.37. The van der Waals surface area contributed by atoms with E-state index in [9.17, 15) is 5.11 Å². The molecule has 2 unspecified atom stereocenters. The van der Waals surface area contributed by atoms with Crippen LogP contribution in [0.5, 0.6) is 0 Å². The van der Waals surface area contributed by atoms with E-state index >= 15 is 0 Å². The summed E-state index contributed by atoms with van der Waals surface area (Å²) in [5, 5.41) is 9.97. The van der Waals surface area contributed by atoms with Crippen LogP contribution in [0.4, 0.5) is 5.69 Å². The molecule has 4 heteroatoms. The van der Waals surface area contributed by atoms with Crippen LogP contribution < -0.4 is 10.6 Å². The van der Waals surface area contributed by atoms with E-state index < -0.39 is 0 Å². The summed E-state index contributed by atoms with van der Waals surface area (Å²) in [7, 11) is 1.92. The van der Waals surface area contributed by atoms with Crippen molar-refractivity contribution in [2.75, 3.05) is 18.5 Å². The number of anilines is 1. The zero-order chi connectivity index (χ0) is 12.3. The topological polar surface area (TPSA) is 49.5 Å². The quantitative estimate of drug-likeness (QED) is 0.851. The van der Waals surface area contributed by atoms with Crippen molar-refractivity contribution < 1.29 is 5.11 Å². The smallest absolute Gasteiger partial charge is 0.0686 e. The summed E-state index contributed by atoms with van der Waals surface area (Å²) in [6.07, 6.45) is -0.364. The highest BCUT2D eigenvalue weighted by Gasteiger charge is 2.09. The van der Waals surface area contributed by atoms with E-state index in [4.69, 9.17) is 17.3 Å². The molecule has 0 aliphatic carbocycles. The van der Waals surface area contributed by atoms with Gasteiger partial charge in [0.1, 0.15) is 0 Å². The number of halogens is 1. The Hall–Kier alpha value is -0.770. The molecule has 3 N–H and O–H groups in total. The van der Waals surface area contributed by atoms with Crippen LogP contribution in [0.2, 0.25) is 5.02 Å². The Kier molecular flexibility index (Phi) is 4.59. The normalized spacial score (nSPS) is 14.6. The van der Waals surface area contributed by atoms with Gasteiger partial charge in [0.15, 0.2) is 0 Å². The molecule has 0 aromatic heterocycles. The van der Waals surface area contributed by atoms with E-state index in [1.807, 2.05) is 37.1 Å². The SMILES string of the molecule is CC(O)CN(C)c1ccc(C(C)N)c(Cl)c1. The summed E-state index contributed by atoms with van der Waals surface area (Å²) >= 11 is 6.14. The Bertz CT molecular complexity index is 353. The van der Waals surface area contributed by atoms with Crippen LogP contribution in [-0.4, -0.2) is 24.8 Å². The summed E-state index contributed by atoms with van der Waals surface area (Å²) in [5.41, 5.74) is 7.71. The fraction of sp³-hybridized carbons (Fsp3) is 0.500. The van der Waals surface area contributed by atoms with Crippen molar-refractivity contribution in [1.82, 2.24) is 0 Å². The van der Waals surface area contributed by atoms with Crippen LogP contribution in [0.15, 0.2) is 18.2 Å². The van der Waals surface area contributed by atoms with Gasteiger partial charge in [-0.3, -0.25) is 0 Å². The van der Waals surface area contributed by atoms with E-state index in [2.05, 4.69) is 0 Å². The number of benzene rings is 1. The maximum Gasteiger partial charge on any atom is 0.0686 e. The summed E-state index contributed by atoms with van der Waals surface area (Å²) < 4.78 is 0. The minimum Gasteiger partial charge on any atom is -0.392 e. The summed E-state index contributed by atoms with van der Waals surface area (Å²) in [6, 6.07) is 5.71. The monoisotopic (exact) mass is 242 g/mol. The highest BCUT2D eigenvalue weighted by Crippen LogP contribution is 2.26. The number of rotatable bonds is 4. The lowest BCUT2D eigenvalue weighted by atomic mass is 10.1. The van der Waals surface area contributed by atoms with Crippen molar-refractivity contribution in [2.24, 2.45) is 5.73 Å². The van der Waals surface area contributed by atoms with Crippen molar-refractivity contribution in [2.45, 2.75) is 26.0 Å². The minimum absolute atomic E-state index is 0.0661. The average Bonchev–Trinajstić information content (AvgIpc) is 2.15. The van der Waals surface area contributed by atoms with E-state index in [-0.39, 0.29) is 12.1 Å². The van der Waals surface area contributed by atoms with Crippen molar-refractivity contribution in [3.8, 4) is 0 Å². The number of likely N-dealkylation sites (N-methyl/N-ethyl adjacent to an activating group) is 1. The van der Waals surface area contributed by atoms with Gasteiger partial charge in [0, 0.05) is 30.3 Å². The predicted molar refractivity (Wildman–Crippen MR) is 69.0 cm³/mol. The second kappa shape index (κ2) is 5.53. The molecular formula is C12H19ClN2O. The van der Waals surface area contributed by atoms with Crippen LogP contribution in [0.1, 0.15) is 25.5 Å². The summed E-state index contributed by atoms with van der Waals surface area (Å²) in [4.78, 5) is 1.96. The molecule has 0 amide bonds. The maximum absolute atomic E-state index is 9.30. The van der Waals surface area contributed by atoms with Gasteiger partial charge in [-0.05, 0) is 31.5 Å². The van der Waals surface area contributed by atoms with Crippen LogP contribution in [-0.2, 0) is 0 Å². The molecule has 0 bridgehead atoms. The van der Waals surface area contributed by atoms with Crippen molar-refractivity contribution in [3.63, 3.8) is 0 Å². The predicted octanol–water partition coefficient (Wildman–Crippen LogP) is 2.18. The number of hydrogen-bond donors (Lipinski definition) is 2. The first-order valence-corrected chi connectivity index (χ1v) is 5.74. The van der Waals surface area contributed by atoms with Gasteiger partial charge >= 0.3 is 0 Å². The largest absolute Gasteiger partial charge is 0.392 e. The van der Waals surface area contributed by atoms with Gasteiger partial charge in [0.05, 0.1) is 6.10 Å². The lowest BCUT2D eigenvalue weighted by Gasteiger charge is -2.22. The second-order valence-electron chi connectivity index (χ2n) is 4.22. The average molecular weight is 243 g/mol. The number of aliphatic hydroxyl groups is 1. The molecule has 0 radical (unpaired) electrons. The lowest BCUT2D eigenvalue weighted by Crippen LogP contribution is -2.26. The van der Waals surface area contributed by atoms with Crippen LogP contribution in [0, 0.1) is 0 Å². The lowest BCUT2D eigenvalue weighted by molar-refractivity contribution is 0.201. The number of nitrogens with two attached hydrogens (primary N) is 1. The van der Waals surface area contributed by atoms with Gasteiger partial charge in [-0.1, -0.05) is 17.7 Å².